The number of imidazole rings is 2. The largest absolute Gasteiger partial charge is 0.383 e. The minimum atomic E-state index is -4.00. The number of thiol groups is 1. The van der Waals surface area contributed by atoms with E-state index in [1.165, 1.54) is 12.7 Å². The van der Waals surface area contributed by atoms with Gasteiger partial charge in [0, 0.05) is 5.92 Å². The summed E-state index contributed by atoms with van der Waals surface area (Å²) < 4.78 is 32.4. The maximum atomic E-state index is 12.3. The van der Waals surface area contributed by atoms with E-state index in [1.54, 1.807) is 9.13 Å². The van der Waals surface area contributed by atoms with Gasteiger partial charge in [-0.25, -0.2) is 14.5 Å². The van der Waals surface area contributed by atoms with Gasteiger partial charge in [-0.15, -0.1) is 0 Å². The van der Waals surface area contributed by atoms with E-state index in [0.29, 0.717) is 31.3 Å². The second kappa shape index (κ2) is 10.3. The summed E-state index contributed by atoms with van der Waals surface area (Å²) in [4.78, 5) is 55.5. The molecule has 2 saturated heterocycles. The van der Waals surface area contributed by atoms with Gasteiger partial charge < -0.3 is 25.8 Å². The fourth-order valence-corrected chi connectivity index (χ4v) is 6.01. The summed E-state index contributed by atoms with van der Waals surface area (Å²) in [6.45, 7) is -4.14. The predicted octanol–water partition coefficient (Wildman–Crippen LogP) is 0.825. The van der Waals surface area contributed by atoms with Crippen LogP contribution in [0.2, 0.25) is 0 Å². The monoisotopic (exact) mass is 594 g/mol. The van der Waals surface area contributed by atoms with Crippen molar-refractivity contribution >= 4 is 53.3 Å². The van der Waals surface area contributed by atoms with Gasteiger partial charge in [0.2, 0.25) is 11.9 Å². The highest BCUT2D eigenvalue weighted by atomic mass is 32.7. The number of hydrogen-bond donors (Lipinski definition) is 6. The molecule has 17 nitrogen and oxygen atoms in total. The minimum Gasteiger partial charge on any atom is -0.369 e. The van der Waals surface area contributed by atoms with Crippen LogP contribution < -0.4 is 22.6 Å². The van der Waals surface area contributed by atoms with Crippen LogP contribution in [0.5, 0.6) is 0 Å². The van der Waals surface area contributed by atoms with Crippen LogP contribution in [0.1, 0.15) is 44.6 Å². The van der Waals surface area contributed by atoms with Gasteiger partial charge in [0.1, 0.15) is 12.5 Å². The number of anilines is 2. The zero-order chi connectivity index (χ0) is 28.2. The highest BCUT2D eigenvalue weighted by Crippen LogP contribution is 2.48. The Morgan fingerprint density at radius 1 is 1.00 bits per heavy atom. The molecule has 0 amide bonds. The van der Waals surface area contributed by atoms with Crippen molar-refractivity contribution in [2.45, 2.75) is 56.8 Å². The lowest BCUT2D eigenvalue weighted by Gasteiger charge is -2.22. The molecule has 19 heteroatoms. The molecule has 6 rings (SSSR count). The average Bonchev–Trinajstić information content (AvgIpc) is 3.65. The highest BCUT2D eigenvalue weighted by Gasteiger charge is 2.39. The van der Waals surface area contributed by atoms with Crippen molar-refractivity contribution in [3.05, 3.63) is 33.4 Å². The Hall–Kier alpha value is -3.28. The molecule has 7 N–H and O–H groups in total. The van der Waals surface area contributed by atoms with Crippen LogP contribution in [0, 0.1) is 5.92 Å². The third-order valence-electron chi connectivity index (χ3n) is 7.16. The van der Waals surface area contributed by atoms with E-state index in [-0.39, 0.29) is 53.4 Å². The van der Waals surface area contributed by atoms with Gasteiger partial charge in [0.15, 0.2) is 22.3 Å². The number of aromatic amines is 2. The second-order valence-corrected chi connectivity index (χ2v) is 12.6. The highest BCUT2D eigenvalue weighted by molar-refractivity contribution is 8.44. The minimum absolute atomic E-state index is 0.000312. The molecule has 2 aliphatic heterocycles. The standard InChI is InChI=1S/C21H27N10O7PS/c22-20-26-15-13(17(32)28-20)24-7-30(15)12-4-3-10(37-12)2-1-9-5-11(6-36-39(34,35)40)38-19(9)31-8-25-14-16(31)27-21(23)29-18(14)33/h7-12,19H,1-6H2,(H2,34,35,40)(H3,22,26,28,32)(H3,23,27,29,33)/t9-,10?,11?,12?,19?/m1/s1. The van der Waals surface area contributed by atoms with Gasteiger partial charge in [0.05, 0.1) is 31.5 Å². The average molecular weight is 595 g/mol. The van der Waals surface area contributed by atoms with Gasteiger partial charge in [-0.05, 0) is 32.1 Å². The lowest BCUT2D eigenvalue weighted by Crippen LogP contribution is -2.19. The molecule has 4 aromatic heterocycles. The molecular weight excluding hydrogens is 567 g/mol. The van der Waals surface area contributed by atoms with Crippen LogP contribution in [-0.2, 0) is 18.6 Å². The molecule has 40 heavy (non-hydrogen) atoms. The molecule has 6 heterocycles. The molecule has 2 aliphatic rings. The van der Waals surface area contributed by atoms with E-state index >= 15 is 0 Å². The Labute approximate surface area is 230 Å². The van der Waals surface area contributed by atoms with Crippen molar-refractivity contribution < 1.29 is 23.5 Å². The summed E-state index contributed by atoms with van der Waals surface area (Å²) in [5, 5.41) is 0. The first-order chi connectivity index (χ1) is 19.1. The summed E-state index contributed by atoms with van der Waals surface area (Å²) in [5.74, 6) is -0.149. The molecule has 2 fully saturated rings. The molecule has 0 saturated carbocycles. The van der Waals surface area contributed by atoms with Crippen molar-refractivity contribution in [3.63, 3.8) is 0 Å². The van der Waals surface area contributed by atoms with Crippen molar-refractivity contribution in [2.24, 2.45) is 5.92 Å². The summed E-state index contributed by atoms with van der Waals surface area (Å²) in [6.07, 6.45) is 4.74. The second-order valence-electron chi connectivity index (χ2n) is 9.85. The first kappa shape index (κ1) is 26.9. The van der Waals surface area contributed by atoms with Crippen molar-refractivity contribution in [1.29, 1.82) is 0 Å². The maximum Gasteiger partial charge on any atom is 0.383 e. The normalized spacial score (nSPS) is 26.6. The van der Waals surface area contributed by atoms with Gasteiger partial charge in [0.25, 0.3) is 11.1 Å². The maximum absolute atomic E-state index is 12.3. The number of nitrogens with two attached hydrogens (primary N) is 2. The fourth-order valence-electron chi connectivity index (χ4n) is 5.45. The number of H-pyrrole nitrogens is 2. The third-order valence-corrected chi connectivity index (χ3v) is 7.99. The molecule has 0 radical (unpaired) electrons. The Kier molecular flexibility index (Phi) is 6.92. The first-order valence-electron chi connectivity index (χ1n) is 12.5. The van der Waals surface area contributed by atoms with Crippen molar-refractivity contribution in [2.75, 3.05) is 18.1 Å². The Morgan fingerprint density at radius 2 is 1.62 bits per heavy atom. The smallest absolute Gasteiger partial charge is 0.369 e. The Bertz CT molecular complexity index is 1730. The molecule has 0 bridgehead atoms. The summed E-state index contributed by atoms with van der Waals surface area (Å²) >= 11 is 3.57. The zero-order valence-electron chi connectivity index (χ0n) is 20.9. The van der Waals surface area contributed by atoms with E-state index in [4.69, 9.17) is 25.5 Å². The predicted molar refractivity (Wildman–Crippen MR) is 144 cm³/mol. The number of nitrogens with one attached hydrogen (secondary N) is 2. The number of hydrogen-bond acceptors (Lipinski definition) is 12. The van der Waals surface area contributed by atoms with Crippen LogP contribution in [-0.4, -0.2) is 62.7 Å². The van der Waals surface area contributed by atoms with Crippen LogP contribution >= 0.6 is 19.0 Å². The number of rotatable bonds is 8. The molecule has 4 aromatic rings. The quantitative estimate of drug-likeness (QED) is 0.122. The number of fused-ring (bicyclic) bond motifs is 2. The molecule has 0 spiro atoms. The molecule has 5 unspecified atom stereocenters. The zero-order valence-corrected chi connectivity index (χ0v) is 22.7. The van der Waals surface area contributed by atoms with Gasteiger partial charge in [-0.2, -0.15) is 9.97 Å². The van der Waals surface area contributed by atoms with E-state index in [0.717, 1.165) is 6.42 Å². The van der Waals surface area contributed by atoms with Crippen LogP contribution in [0.25, 0.3) is 22.3 Å². The lowest BCUT2D eigenvalue weighted by atomic mass is 9.95. The van der Waals surface area contributed by atoms with Crippen LogP contribution in [0.3, 0.4) is 0 Å². The van der Waals surface area contributed by atoms with Crippen molar-refractivity contribution in [3.8, 4) is 0 Å². The number of nitrogen functional groups attached to an aromatic ring is 2. The topological polar surface area (TPSA) is 244 Å². The number of nitrogens with zero attached hydrogens (tertiary/aromatic N) is 6. The van der Waals surface area contributed by atoms with Gasteiger partial charge in [-0.3, -0.25) is 33.2 Å². The van der Waals surface area contributed by atoms with Gasteiger partial charge >= 0.3 is 6.80 Å². The number of aromatic nitrogens is 8. The molecule has 6 atom stereocenters. The molecular formula is C21H27N10O7PS. The Balaban J connectivity index is 1.19. The van der Waals surface area contributed by atoms with E-state index < -0.39 is 30.2 Å². The van der Waals surface area contributed by atoms with Crippen LogP contribution in [0.15, 0.2) is 22.2 Å². The first-order valence-corrected chi connectivity index (χ1v) is 15.2. The van der Waals surface area contributed by atoms with E-state index in [9.17, 15) is 19.0 Å². The van der Waals surface area contributed by atoms with Crippen molar-refractivity contribution in [1.82, 2.24) is 39.0 Å². The lowest BCUT2D eigenvalue weighted by molar-refractivity contribution is -0.0329. The third kappa shape index (κ3) is 5.25. The summed E-state index contributed by atoms with van der Waals surface area (Å²) in [6, 6.07) is 0. The number of ether oxygens (including phenoxy) is 2. The van der Waals surface area contributed by atoms with Crippen LogP contribution in [0.4, 0.5) is 11.9 Å². The van der Waals surface area contributed by atoms with E-state index in [2.05, 4.69) is 42.2 Å². The van der Waals surface area contributed by atoms with Gasteiger partial charge in [-0.1, -0.05) is 12.2 Å². The Morgan fingerprint density at radius 3 is 2.27 bits per heavy atom. The fraction of sp³-hybridized carbons (Fsp3) is 0.524. The SMILES string of the molecule is Nc1nc2c(ncn2C2CCC(CC[C@@H]3CC(COP(=O)(O)S)OC3n3cnc4c(=O)[nH]c(N)nc43)O2)c(=O)[nH]1. The molecule has 214 valence electrons. The summed E-state index contributed by atoms with van der Waals surface area (Å²) in [7, 11) is 0. The summed E-state index contributed by atoms with van der Waals surface area (Å²) in [5.41, 5.74) is 11.5. The van der Waals surface area contributed by atoms with E-state index in [1.807, 2.05) is 0 Å². The molecule has 0 aromatic carbocycles. The molecule has 0 aliphatic carbocycles.